The Kier molecular flexibility index (Phi) is 14.0. The van der Waals surface area contributed by atoms with E-state index in [1.165, 1.54) is 12.1 Å². The fourth-order valence-electron chi connectivity index (χ4n) is 3.75. The summed E-state index contributed by atoms with van der Waals surface area (Å²) in [6.07, 6.45) is 2.58. The van der Waals surface area contributed by atoms with Crippen LogP contribution in [-0.2, 0) is 23.9 Å². The lowest BCUT2D eigenvalue weighted by atomic mass is 9.82. The van der Waals surface area contributed by atoms with Gasteiger partial charge in [0, 0.05) is 18.8 Å². The zero-order valence-electron chi connectivity index (χ0n) is 23.8. The highest BCUT2D eigenvalue weighted by atomic mass is 16.6. The van der Waals surface area contributed by atoms with Crippen LogP contribution in [0.15, 0.2) is 18.2 Å². The molecule has 3 N–H and O–H groups in total. The number of carboxylic acid groups (broad SMARTS) is 1. The molecule has 0 saturated heterocycles. The molecule has 1 aromatic rings. The van der Waals surface area contributed by atoms with Crippen molar-refractivity contribution in [3.8, 4) is 11.5 Å². The molecule has 38 heavy (non-hydrogen) atoms. The monoisotopic (exact) mass is 535 g/mol. The minimum Gasteiger partial charge on any atom is -0.480 e. The number of hydrogen-bond acceptors (Lipinski definition) is 8. The van der Waals surface area contributed by atoms with Crippen molar-refractivity contribution < 1.29 is 38.5 Å². The Labute approximate surface area is 226 Å². The van der Waals surface area contributed by atoms with Gasteiger partial charge in [-0.3, -0.25) is 19.2 Å². The Bertz CT molecular complexity index is 947. The van der Waals surface area contributed by atoms with Gasteiger partial charge in [0.1, 0.15) is 6.04 Å². The fraction of sp³-hybridized carbons (Fsp3) is 0.655. The summed E-state index contributed by atoms with van der Waals surface area (Å²) in [5.41, 5.74) is 6.54. The molecule has 6 atom stereocenters. The van der Waals surface area contributed by atoms with Crippen LogP contribution < -0.4 is 15.2 Å². The van der Waals surface area contributed by atoms with Crippen LogP contribution in [0.5, 0.6) is 11.5 Å². The Morgan fingerprint density at radius 1 is 0.842 bits per heavy atom. The first-order valence-corrected chi connectivity index (χ1v) is 13.5. The summed E-state index contributed by atoms with van der Waals surface area (Å²) >= 11 is 0. The van der Waals surface area contributed by atoms with Gasteiger partial charge in [0.2, 0.25) is 0 Å². The normalized spacial score (nSPS) is 15.9. The van der Waals surface area contributed by atoms with E-state index < -0.39 is 35.8 Å². The van der Waals surface area contributed by atoms with Gasteiger partial charge >= 0.3 is 23.9 Å². The Hall–Kier alpha value is -2.94. The van der Waals surface area contributed by atoms with Crippen LogP contribution in [0, 0.1) is 23.7 Å². The third-order valence-corrected chi connectivity index (χ3v) is 7.01. The lowest BCUT2D eigenvalue weighted by Gasteiger charge is -2.28. The summed E-state index contributed by atoms with van der Waals surface area (Å²) in [6.45, 7) is 13.1. The topological polar surface area (TPSA) is 142 Å². The van der Waals surface area contributed by atoms with Gasteiger partial charge in [-0.05, 0) is 41.9 Å². The lowest BCUT2D eigenvalue weighted by Crippen LogP contribution is -2.40. The third-order valence-electron chi connectivity index (χ3n) is 7.01. The molecule has 0 aliphatic rings. The fourth-order valence-corrected chi connectivity index (χ4v) is 3.75. The molecule has 0 aliphatic carbocycles. The molecular formula is C29H45NO8. The number of benzene rings is 1. The second-order valence-corrected chi connectivity index (χ2v) is 10.4. The van der Waals surface area contributed by atoms with Crippen LogP contribution >= 0.6 is 0 Å². The van der Waals surface area contributed by atoms with Gasteiger partial charge in [-0.25, -0.2) is 0 Å². The van der Waals surface area contributed by atoms with Crippen molar-refractivity contribution in [2.24, 2.45) is 29.4 Å². The van der Waals surface area contributed by atoms with E-state index in [0.717, 1.165) is 12.8 Å². The highest BCUT2D eigenvalue weighted by molar-refractivity contribution is 5.77. The zero-order chi connectivity index (χ0) is 29.0. The van der Waals surface area contributed by atoms with Crippen LogP contribution in [0.4, 0.5) is 0 Å². The molecule has 0 heterocycles. The molecule has 0 aromatic heterocycles. The van der Waals surface area contributed by atoms with Crippen LogP contribution in [0.1, 0.15) is 92.1 Å². The maximum absolute atomic E-state index is 12.6. The van der Waals surface area contributed by atoms with Crippen molar-refractivity contribution in [2.75, 3.05) is 6.61 Å². The molecule has 1 rings (SSSR count). The van der Waals surface area contributed by atoms with E-state index in [1.54, 1.807) is 19.9 Å². The Morgan fingerprint density at radius 3 is 1.84 bits per heavy atom. The molecule has 0 radical (unpaired) electrons. The minimum absolute atomic E-state index is 0.0136. The summed E-state index contributed by atoms with van der Waals surface area (Å²) < 4.78 is 16.6. The first-order chi connectivity index (χ1) is 17.8. The average Bonchev–Trinajstić information content (AvgIpc) is 2.87. The number of hydrogen-bond donors (Lipinski definition) is 2. The average molecular weight is 536 g/mol. The van der Waals surface area contributed by atoms with E-state index in [0.29, 0.717) is 12.0 Å². The van der Waals surface area contributed by atoms with Crippen LogP contribution in [0.3, 0.4) is 0 Å². The summed E-state index contributed by atoms with van der Waals surface area (Å²) in [4.78, 5) is 49.2. The number of ether oxygens (including phenoxy) is 3. The molecule has 0 fully saturated rings. The molecular weight excluding hydrogens is 490 g/mol. The van der Waals surface area contributed by atoms with Crippen molar-refractivity contribution in [3.05, 3.63) is 23.8 Å². The number of carbonyl (C=O) groups excluding carboxylic acids is 3. The molecule has 0 saturated carbocycles. The molecule has 1 aromatic carbocycles. The number of aliphatic carboxylic acids is 1. The Balaban J connectivity index is 3.38. The molecule has 0 bridgehead atoms. The standard InChI is InChI=1S/C29H45NO8/c1-8-17(4)13-24(31)37-22-12-11-21(15-23(22)38-25(32)14-18(5)9-2)26(27(30)28(33)34)20(7)16-36-29(35)19(6)10-3/h11-12,15,17-20,26-27H,8-10,13-14,16,30H2,1-7H3,(H,33,34)/t17?,18?,19?,20?,26?,27-/m0/s1. The largest absolute Gasteiger partial charge is 0.480 e. The third kappa shape index (κ3) is 10.4. The molecule has 0 spiro atoms. The molecule has 0 amide bonds. The molecule has 0 aliphatic heterocycles. The van der Waals surface area contributed by atoms with E-state index in [9.17, 15) is 24.3 Å². The maximum Gasteiger partial charge on any atom is 0.321 e. The van der Waals surface area contributed by atoms with Crippen molar-refractivity contribution >= 4 is 23.9 Å². The first-order valence-electron chi connectivity index (χ1n) is 13.5. The van der Waals surface area contributed by atoms with Gasteiger partial charge in [0.05, 0.1) is 12.5 Å². The summed E-state index contributed by atoms with van der Waals surface area (Å²) in [6, 6.07) is 3.24. The highest BCUT2D eigenvalue weighted by Crippen LogP contribution is 2.36. The van der Waals surface area contributed by atoms with Crippen molar-refractivity contribution in [1.82, 2.24) is 0 Å². The number of nitrogens with two attached hydrogens (primary N) is 1. The Morgan fingerprint density at radius 2 is 1.37 bits per heavy atom. The van der Waals surface area contributed by atoms with Crippen LogP contribution in [0.25, 0.3) is 0 Å². The predicted octanol–water partition coefficient (Wildman–Crippen LogP) is 5.09. The molecule has 9 heteroatoms. The molecule has 9 nitrogen and oxygen atoms in total. The number of esters is 3. The van der Waals surface area contributed by atoms with E-state index in [2.05, 4.69) is 0 Å². The minimum atomic E-state index is -1.32. The van der Waals surface area contributed by atoms with Crippen LogP contribution in [0.2, 0.25) is 0 Å². The molecule has 214 valence electrons. The maximum atomic E-state index is 12.6. The number of carboxylic acids is 1. The lowest BCUT2D eigenvalue weighted by molar-refractivity contribution is -0.149. The molecule has 5 unspecified atom stereocenters. The van der Waals surface area contributed by atoms with Gasteiger partial charge in [0.15, 0.2) is 11.5 Å². The van der Waals surface area contributed by atoms with E-state index in [-0.39, 0.29) is 54.7 Å². The van der Waals surface area contributed by atoms with Gasteiger partial charge in [-0.2, -0.15) is 0 Å². The van der Waals surface area contributed by atoms with E-state index in [4.69, 9.17) is 19.9 Å². The quantitative estimate of drug-likeness (QED) is 0.218. The zero-order valence-corrected chi connectivity index (χ0v) is 23.8. The van der Waals surface area contributed by atoms with Gasteiger partial charge in [-0.15, -0.1) is 0 Å². The van der Waals surface area contributed by atoms with Gasteiger partial charge in [0.25, 0.3) is 0 Å². The van der Waals surface area contributed by atoms with Crippen molar-refractivity contribution in [1.29, 1.82) is 0 Å². The first kappa shape index (κ1) is 33.1. The van der Waals surface area contributed by atoms with Crippen molar-refractivity contribution in [2.45, 2.75) is 92.5 Å². The second kappa shape index (κ2) is 16.1. The smallest absolute Gasteiger partial charge is 0.321 e. The van der Waals surface area contributed by atoms with Gasteiger partial charge in [-0.1, -0.05) is 67.4 Å². The number of carbonyl (C=O) groups is 4. The highest BCUT2D eigenvalue weighted by Gasteiger charge is 2.33. The van der Waals surface area contributed by atoms with E-state index >= 15 is 0 Å². The van der Waals surface area contributed by atoms with E-state index in [1.807, 2.05) is 34.6 Å². The van der Waals surface area contributed by atoms with Gasteiger partial charge < -0.3 is 25.1 Å². The summed E-state index contributed by atoms with van der Waals surface area (Å²) in [5, 5.41) is 9.70. The number of rotatable bonds is 16. The predicted molar refractivity (Wildman–Crippen MR) is 144 cm³/mol. The van der Waals surface area contributed by atoms with Crippen LogP contribution in [-0.4, -0.2) is 41.6 Å². The summed E-state index contributed by atoms with van der Waals surface area (Å²) in [7, 11) is 0. The summed E-state index contributed by atoms with van der Waals surface area (Å²) in [5.74, 6) is -3.80. The SMILES string of the molecule is CCC(C)CC(=O)Oc1ccc(C(C(C)COC(=O)C(C)CC)[C@H](N)C(=O)O)cc1OC(=O)CC(C)CC. The second-order valence-electron chi connectivity index (χ2n) is 10.4. The van der Waals surface area contributed by atoms with Crippen molar-refractivity contribution in [3.63, 3.8) is 0 Å².